The molecule has 4 nitrogen and oxygen atoms in total. The third kappa shape index (κ3) is 3.63. The Kier molecular flexibility index (Phi) is 4.91. The Morgan fingerprint density at radius 3 is 2.75 bits per heavy atom. The lowest BCUT2D eigenvalue weighted by molar-refractivity contribution is 0.0951. The van der Waals surface area contributed by atoms with Gasteiger partial charge < -0.3 is 10.2 Å². The van der Waals surface area contributed by atoms with E-state index >= 15 is 0 Å². The lowest BCUT2D eigenvalue weighted by atomic mass is 10.1. The van der Waals surface area contributed by atoms with Crippen molar-refractivity contribution in [1.29, 1.82) is 0 Å². The number of aromatic nitrogens is 1. The zero-order valence-corrected chi connectivity index (χ0v) is 14.5. The predicted octanol–water partition coefficient (Wildman–Crippen LogP) is 3.81. The molecule has 0 aliphatic heterocycles. The van der Waals surface area contributed by atoms with E-state index in [0.717, 1.165) is 21.8 Å². The molecule has 1 heterocycles. The molecule has 1 aromatic heterocycles. The molecule has 1 amide bonds. The van der Waals surface area contributed by atoms with Gasteiger partial charge in [0.15, 0.2) is 0 Å². The summed E-state index contributed by atoms with van der Waals surface area (Å²) in [6, 6.07) is 15.6. The molecule has 3 aromatic rings. The van der Waals surface area contributed by atoms with Gasteiger partial charge in [-0.2, -0.15) is 0 Å². The van der Waals surface area contributed by atoms with Gasteiger partial charge in [0.1, 0.15) is 5.01 Å². The van der Waals surface area contributed by atoms with Gasteiger partial charge in [-0.25, -0.2) is 4.98 Å². The molecule has 0 spiro atoms. The van der Waals surface area contributed by atoms with Gasteiger partial charge in [0.2, 0.25) is 0 Å². The Bertz CT molecular complexity index is 828. The average molecular weight is 337 g/mol. The van der Waals surface area contributed by atoms with E-state index < -0.39 is 0 Å². The predicted molar refractivity (Wildman–Crippen MR) is 99.5 cm³/mol. The van der Waals surface area contributed by atoms with E-state index in [2.05, 4.69) is 10.3 Å². The van der Waals surface area contributed by atoms with Crippen molar-refractivity contribution in [3.63, 3.8) is 0 Å². The maximum absolute atomic E-state index is 12.4. The minimum Gasteiger partial charge on any atom is -0.378 e. The van der Waals surface area contributed by atoms with E-state index in [1.54, 1.807) is 17.5 Å². The normalized spacial score (nSPS) is 10.4. The highest BCUT2D eigenvalue weighted by Gasteiger charge is 2.10. The summed E-state index contributed by atoms with van der Waals surface area (Å²) in [6.07, 6.45) is 1.79. The number of carbonyl (C=O) groups excluding carboxylic acids is 1. The summed E-state index contributed by atoms with van der Waals surface area (Å²) in [6.45, 7) is 0.473. The molecule has 5 heteroatoms. The van der Waals surface area contributed by atoms with Crippen LogP contribution in [0.3, 0.4) is 0 Å². The van der Waals surface area contributed by atoms with Crippen LogP contribution in [-0.4, -0.2) is 25.0 Å². The lowest BCUT2D eigenvalue weighted by Gasteiger charge is -2.14. The number of amides is 1. The number of anilines is 1. The summed E-state index contributed by atoms with van der Waals surface area (Å²) < 4.78 is 0. The van der Waals surface area contributed by atoms with Crippen molar-refractivity contribution >= 4 is 22.9 Å². The molecule has 0 bridgehead atoms. The minimum absolute atomic E-state index is 0.0763. The average Bonchev–Trinajstić information content (AvgIpc) is 3.14. The lowest BCUT2D eigenvalue weighted by Crippen LogP contribution is -2.23. The molecule has 0 aliphatic carbocycles. The Hall–Kier alpha value is -2.66. The smallest absolute Gasteiger partial charge is 0.251 e. The van der Waals surface area contributed by atoms with E-state index in [-0.39, 0.29) is 5.91 Å². The van der Waals surface area contributed by atoms with Crippen molar-refractivity contribution in [2.24, 2.45) is 0 Å². The molecule has 0 atom stereocenters. The van der Waals surface area contributed by atoms with Crippen LogP contribution in [-0.2, 0) is 6.54 Å². The van der Waals surface area contributed by atoms with Crippen molar-refractivity contribution in [2.75, 3.05) is 19.0 Å². The molecular formula is C19H19N3OS. The maximum atomic E-state index is 12.4. The number of benzene rings is 2. The fourth-order valence-corrected chi connectivity index (χ4v) is 3.14. The molecule has 122 valence electrons. The van der Waals surface area contributed by atoms with Crippen molar-refractivity contribution < 1.29 is 4.79 Å². The van der Waals surface area contributed by atoms with E-state index in [0.29, 0.717) is 12.1 Å². The van der Waals surface area contributed by atoms with Gasteiger partial charge in [-0.3, -0.25) is 4.79 Å². The summed E-state index contributed by atoms with van der Waals surface area (Å²) in [5.74, 6) is -0.0763. The monoisotopic (exact) mass is 337 g/mol. The number of hydrogen-bond acceptors (Lipinski definition) is 4. The highest BCUT2D eigenvalue weighted by atomic mass is 32.1. The maximum Gasteiger partial charge on any atom is 0.251 e. The molecule has 0 saturated heterocycles. The molecular weight excluding hydrogens is 318 g/mol. The van der Waals surface area contributed by atoms with Gasteiger partial charge in [0, 0.05) is 49.0 Å². The van der Waals surface area contributed by atoms with Crippen LogP contribution in [0.2, 0.25) is 0 Å². The Balaban J connectivity index is 1.75. The van der Waals surface area contributed by atoms with Crippen LogP contribution in [0.15, 0.2) is 60.1 Å². The first-order chi connectivity index (χ1) is 11.6. The van der Waals surface area contributed by atoms with Crippen LogP contribution in [0, 0.1) is 0 Å². The molecule has 2 aromatic carbocycles. The molecule has 0 unspecified atom stereocenters. The van der Waals surface area contributed by atoms with Crippen LogP contribution in [0.25, 0.3) is 10.6 Å². The summed E-state index contributed by atoms with van der Waals surface area (Å²) in [5, 5.41) is 5.93. The number of nitrogens with zero attached hydrogens (tertiary/aromatic N) is 2. The third-order valence-corrected chi connectivity index (χ3v) is 4.55. The van der Waals surface area contributed by atoms with Gasteiger partial charge in [-0.1, -0.05) is 30.3 Å². The highest BCUT2D eigenvalue weighted by Crippen LogP contribution is 2.25. The molecule has 0 saturated carbocycles. The molecule has 1 N–H and O–H groups in total. The molecule has 3 rings (SSSR count). The van der Waals surface area contributed by atoms with Crippen LogP contribution in [0.1, 0.15) is 15.9 Å². The van der Waals surface area contributed by atoms with Crippen LogP contribution in [0.5, 0.6) is 0 Å². The summed E-state index contributed by atoms with van der Waals surface area (Å²) in [4.78, 5) is 18.8. The van der Waals surface area contributed by atoms with Crippen molar-refractivity contribution in [3.05, 3.63) is 71.2 Å². The Morgan fingerprint density at radius 2 is 2.00 bits per heavy atom. The molecule has 0 radical (unpaired) electrons. The van der Waals surface area contributed by atoms with Gasteiger partial charge in [-0.15, -0.1) is 11.3 Å². The topological polar surface area (TPSA) is 45.2 Å². The van der Waals surface area contributed by atoms with E-state index in [1.165, 1.54) is 0 Å². The number of nitrogens with one attached hydrogen (secondary N) is 1. The second-order valence-electron chi connectivity index (χ2n) is 5.62. The number of rotatable bonds is 5. The number of thiazole rings is 1. The van der Waals surface area contributed by atoms with E-state index in [4.69, 9.17) is 0 Å². The summed E-state index contributed by atoms with van der Waals surface area (Å²) in [7, 11) is 3.92. The zero-order valence-electron chi connectivity index (χ0n) is 13.7. The van der Waals surface area contributed by atoms with Crippen molar-refractivity contribution in [3.8, 4) is 10.6 Å². The van der Waals surface area contributed by atoms with Crippen LogP contribution in [0.4, 0.5) is 5.69 Å². The molecule has 24 heavy (non-hydrogen) atoms. The van der Waals surface area contributed by atoms with Gasteiger partial charge in [-0.05, 0) is 23.8 Å². The molecule has 0 aliphatic rings. The number of carbonyl (C=O) groups is 1. The molecule has 0 fully saturated rings. The first-order valence-corrected chi connectivity index (χ1v) is 8.56. The standard InChI is InChI=1S/C19H19N3OS/c1-22(2)16-8-5-7-14(12-16)18(23)21-13-15-6-3-4-9-17(15)19-20-10-11-24-19/h3-12H,13H2,1-2H3,(H,21,23). The SMILES string of the molecule is CN(C)c1cccc(C(=O)NCc2ccccc2-c2nccs2)c1. The van der Waals surface area contributed by atoms with E-state index in [1.807, 2.05) is 72.9 Å². The second kappa shape index (κ2) is 7.27. The van der Waals surface area contributed by atoms with Gasteiger partial charge in [0.25, 0.3) is 5.91 Å². The fourth-order valence-electron chi connectivity index (χ4n) is 2.44. The quantitative estimate of drug-likeness (QED) is 0.770. The number of hydrogen-bond donors (Lipinski definition) is 1. The Morgan fingerprint density at radius 1 is 1.17 bits per heavy atom. The third-order valence-electron chi connectivity index (χ3n) is 3.74. The first kappa shape index (κ1) is 16.2. The largest absolute Gasteiger partial charge is 0.378 e. The second-order valence-corrected chi connectivity index (χ2v) is 6.52. The van der Waals surface area contributed by atoms with E-state index in [9.17, 15) is 4.79 Å². The highest BCUT2D eigenvalue weighted by molar-refractivity contribution is 7.13. The minimum atomic E-state index is -0.0763. The summed E-state index contributed by atoms with van der Waals surface area (Å²) >= 11 is 1.60. The van der Waals surface area contributed by atoms with Crippen LogP contribution >= 0.6 is 11.3 Å². The summed E-state index contributed by atoms with van der Waals surface area (Å²) in [5.41, 5.74) is 3.79. The van der Waals surface area contributed by atoms with Crippen molar-refractivity contribution in [1.82, 2.24) is 10.3 Å². The van der Waals surface area contributed by atoms with Gasteiger partial charge >= 0.3 is 0 Å². The first-order valence-electron chi connectivity index (χ1n) is 7.68. The zero-order chi connectivity index (χ0) is 16.9. The van der Waals surface area contributed by atoms with Crippen LogP contribution < -0.4 is 10.2 Å². The van der Waals surface area contributed by atoms with Gasteiger partial charge in [0.05, 0.1) is 0 Å². The van der Waals surface area contributed by atoms with Crippen molar-refractivity contribution in [2.45, 2.75) is 6.54 Å². The fraction of sp³-hybridized carbons (Fsp3) is 0.158. The Labute approximate surface area is 145 Å².